The average molecular weight is 383 g/mol. The van der Waals surface area contributed by atoms with Crippen molar-refractivity contribution in [1.82, 2.24) is 0 Å². The van der Waals surface area contributed by atoms with Gasteiger partial charge in [0, 0.05) is 29.8 Å². The van der Waals surface area contributed by atoms with Crippen LogP contribution in [0.5, 0.6) is 11.5 Å². The SMILES string of the molecule is COc1ccc(/C=C/c2cccc[n+]2C)c(OC)c1.[I-]. The number of aromatic nitrogens is 1. The molecule has 0 fully saturated rings. The topological polar surface area (TPSA) is 22.3 Å². The maximum Gasteiger partial charge on any atom is 0.204 e. The Kier molecular flexibility index (Phi) is 6.51. The Bertz CT molecular complexity index is 597. The zero-order chi connectivity index (χ0) is 13.7. The summed E-state index contributed by atoms with van der Waals surface area (Å²) in [6, 6.07) is 11.9. The van der Waals surface area contributed by atoms with E-state index >= 15 is 0 Å². The molecule has 2 aromatic rings. The van der Waals surface area contributed by atoms with Crippen molar-refractivity contribution in [3.8, 4) is 11.5 Å². The number of hydrogen-bond acceptors (Lipinski definition) is 2. The Morgan fingerprint density at radius 1 is 1.00 bits per heavy atom. The van der Waals surface area contributed by atoms with Crippen molar-refractivity contribution < 1.29 is 38.0 Å². The standard InChI is InChI=1S/C16H18NO2.HI/c1-17-11-5-4-6-14(17)9-7-13-8-10-15(18-2)12-16(13)19-3;/h4-12H,1-3H3;1H/q+1;/p-1/b9-7+;. The zero-order valence-corrected chi connectivity index (χ0v) is 14.0. The highest BCUT2D eigenvalue weighted by Crippen LogP contribution is 2.25. The van der Waals surface area contributed by atoms with E-state index in [-0.39, 0.29) is 24.0 Å². The summed E-state index contributed by atoms with van der Waals surface area (Å²) < 4.78 is 12.6. The van der Waals surface area contributed by atoms with Crippen LogP contribution in [-0.4, -0.2) is 14.2 Å². The molecule has 3 nitrogen and oxygen atoms in total. The van der Waals surface area contributed by atoms with Crippen molar-refractivity contribution in [1.29, 1.82) is 0 Å². The molecule has 1 heterocycles. The zero-order valence-electron chi connectivity index (χ0n) is 11.8. The van der Waals surface area contributed by atoms with Crippen molar-refractivity contribution >= 4 is 12.2 Å². The number of ether oxygens (including phenoxy) is 2. The lowest BCUT2D eigenvalue weighted by atomic mass is 10.1. The van der Waals surface area contributed by atoms with Crippen molar-refractivity contribution in [2.24, 2.45) is 7.05 Å². The molecule has 0 saturated carbocycles. The van der Waals surface area contributed by atoms with E-state index < -0.39 is 0 Å². The highest BCUT2D eigenvalue weighted by molar-refractivity contribution is 5.71. The molecule has 0 N–H and O–H groups in total. The molecule has 0 spiro atoms. The average Bonchev–Trinajstić information content (AvgIpc) is 2.46. The molecule has 0 aliphatic carbocycles. The van der Waals surface area contributed by atoms with Gasteiger partial charge in [-0.15, -0.1) is 0 Å². The summed E-state index contributed by atoms with van der Waals surface area (Å²) in [5.41, 5.74) is 2.15. The first-order chi connectivity index (χ1) is 9.24. The van der Waals surface area contributed by atoms with E-state index in [4.69, 9.17) is 9.47 Å². The smallest absolute Gasteiger partial charge is 0.204 e. The molecule has 20 heavy (non-hydrogen) atoms. The van der Waals surface area contributed by atoms with Gasteiger partial charge in [-0.1, -0.05) is 0 Å². The van der Waals surface area contributed by atoms with Gasteiger partial charge < -0.3 is 33.5 Å². The molecule has 0 aliphatic heterocycles. The third kappa shape index (κ3) is 3.96. The summed E-state index contributed by atoms with van der Waals surface area (Å²) in [4.78, 5) is 0. The van der Waals surface area contributed by atoms with Crippen LogP contribution in [0.3, 0.4) is 0 Å². The van der Waals surface area contributed by atoms with E-state index in [0.717, 1.165) is 22.8 Å². The molecular formula is C16H18INO2. The van der Waals surface area contributed by atoms with Crippen molar-refractivity contribution in [2.45, 2.75) is 0 Å². The van der Waals surface area contributed by atoms with Gasteiger partial charge in [-0.3, -0.25) is 0 Å². The number of pyridine rings is 1. The maximum atomic E-state index is 5.37. The van der Waals surface area contributed by atoms with E-state index in [1.807, 2.05) is 49.7 Å². The Morgan fingerprint density at radius 2 is 1.80 bits per heavy atom. The second-order valence-electron chi connectivity index (χ2n) is 4.18. The lowest BCUT2D eigenvalue weighted by Gasteiger charge is -2.07. The first kappa shape index (κ1) is 16.5. The summed E-state index contributed by atoms with van der Waals surface area (Å²) >= 11 is 0. The number of rotatable bonds is 4. The molecule has 0 unspecified atom stereocenters. The number of hydrogen-bond donors (Lipinski definition) is 0. The molecule has 0 aliphatic rings. The van der Waals surface area contributed by atoms with Crippen LogP contribution in [0.15, 0.2) is 42.6 Å². The quantitative estimate of drug-likeness (QED) is 0.535. The van der Waals surface area contributed by atoms with Gasteiger partial charge in [-0.25, -0.2) is 4.57 Å². The minimum Gasteiger partial charge on any atom is -1.00 e. The highest BCUT2D eigenvalue weighted by atomic mass is 127. The predicted molar refractivity (Wildman–Crippen MR) is 76.1 cm³/mol. The van der Waals surface area contributed by atoms with Crippen LogP contribution in [0.2, 0.25) is 0 Å². The molecule has 0 saturated heterocycles. The molecule has 0 bridgehead atoms. The van der Waals surface area contributed by atoms with Crippen LogP contribution in [0.4, 0.5) is 0 Å². The first-order valence-electron chi connectivity index (χ1n) is 6.09. The molecule has 0 atom stereocenters. The minimum absolute atomic E-state index is 0. The summed E-state index contributed by atoms with van der Waals surface area (Å²) in [6.07, 6.45) is 6.11. The van der Waals surface area contributed by atoms with Crippen LogP contribution in [0, 0.1) is 0 Å². The van der Waals surface area contributed by atoms with Gasteiger partial charge in [-0.05, 0) is 24.3 Å². The fourth-order valence-corrected chi connectivity index (χ4v) is 1.84. The summed E-state index contributed by atoms with van der Waals surface area (Å²) in [5, 5.41) is 0. The van der Waals surface area contributed by atoms with Crippen LogP contribution in [0.25, 0.3) is 12.2 Å². The fourth-order valence-electron chi connectivity index (χ4n) is 1.84. The lowest BCUT2D eigenvalue weighted by Crippen LogP contribution is -3.00. The highest BCUT2D eigenvalue weighted by Gasteiger charge is 2.04. The number of halogens is 1. The van der Waals surface area contributed by atoms with E-state index in [0.29, 0.717) is 0 Å². The summed E-state index contributed by atoms with van der Waals surface area (Å²) in [7, 11) is 5.33. The number of benzene rings is 1. The Hall–Kier alpha value is -1.56. The van der Waals surface area contributed by atoms with Gasteiger partial charge >= 0.3 is 0 Å². The van der Waals surface area contributed by atoms with Gasteiger partial charge in [-0.2, -0.15) is 0 Å². The fraction of sp³-hybridized carbons (Fsp3) is 0.188. The third-order valence-corrected chi connectivity index (χ3v) is 2.97. The molecule has 1 aromatic carbocycles. The largest absolute Gasteiger partial charge is 1.00 e. The number of aryl methyl sites for hydroxylation is 1. The molecular weight excluding hydrogens is 365 g/mol. The Morgan fingerprint density at radius 3 is 2.45 bits per heavy atom. The normalized spacial score (nSPS) is 10.2. The molecule has 1 aromatic heterocycles. The van der Waals surface area contributed by atoms with E-state index in [9.17, 15) is 0 Å². The van der Waals surface area contributed by atoms with Crippen LogP contribution >= 0.6 is 0 Å². The van der Waals surface area contributed by atoms with E-state index in [2.05, 4.69) is 16.7 Å². The van der Waals surface area contributed by atoms with Crippen molar-refractivity contribution in [3.05, 3.63) is 53.9 Å². The van der Waals surface area contributed by atoms with Gasteiger partial charge in [0.05, 0.1) is 14.2 Å². The first-order valence-corrected chi connectivity index (χ1v) is 6.09. The second kappa shape index (κ2) is 7.89. The van der Waals surface area contributed by atoms with E-state index in [1.54, 1.807) is 14.2 Å². The van der Waals surface area contributed by atoms with Crippen LogP contribution in [-0.2, 0) is 7.05 Å². The van der Waals surface area contributed by atoms with Crippen LogP contribution in [0.1, 0.15) is 11.3 Å². The van der Waals surface area contributed by atoms with Gasteiger partial charge in [0.2, 0.25) is 5.69 Å². The molecule has 4 heteroatoms. The molecule has 0 radical (unpaired) electrons. The van der Waals surface area contributed by atoms with Gasteiger partial charge in [0.25, 0.3) is 0 Å². The number of methoxy groups -OCH3 is 2. The third-order valence-electron chi connectivity index (χ3n) is 2.97. The minimum atomic E-state index is 0. The van der Waals surface area contributed by atoms with Gasteiger partial charge in [0.1, 0.15) is 18.5 Å². The molecule has 106 valence electrons. The van der Waals surface area contributed by atoms with Crippen molar-refractivity contribution in [3.63, 3.8) is 0 Å². The maximum absolute atomic E-state index is 5.37. The second-order valence-corrected chi connectivity index (χ2v) is 4.18. The van der Waals surface area contributed by atoms with Gasteiger partial charge in [0.15, 0.2) is 6.20 Å². The molecule has 2 rings (SSSR count). The van der Waals surface area contributed by atoms with Crippen molar-refractivity contribution in [2.75, 3.05) is 14.2 Å². The van der Waals surface area contributed by atoms with Crippen LogP contribution < -0.4 is 38.0 Å². The number of nitrogens with zero attached hydrogens (tertiary/aromatic N) is 1. The molecule has 0 amide bonds. The summed E-state index contributed by atoms with van der Waals surface area (Å²) in [6.45, 7) is 0. The Labute approximate surface area is 136 Å². The lowest BCUT2D eigenvalue weighted by molar-refractivity contribution is -0.673. The summed E-state index contributed by atoms with van der Waals surface area (Å²) in [5.74, 6) is 1.59. The Balaban J connectivity index is 0.00000200. The monoisotopic (exact) mass is 383 g/mol. The predicted octanol–water partition coefficient (Wildman–Crippen LogP) is -0.297. The van der Waals surface area contributed by atoms with E-state index in [1.165, 1.54) is 0 Å².